The number of Topliss-reactive ketones (excluding diaryl/α,β-unsaturated/α-hetero) is 2. The maximum atomic E-state index is 13.7. The van der Waals surface area contributed by atoms with Gasteiger partial charge < -0.3 is 9.84 Å². The molecule has 3 heterocycles. The van der Waals surface area contributed by atoms with E-state index in [1.165, 1.54) is 23.2 Å². The van der Waals surface area contributed by atoms with Crippen molar-refractivity contribution in [2.75, 3.05) is 11.5 Å². The second-order valence-corrected chi connectivity index (χ2v) is 10.1. The summed E-state index contributed by atoms with van der Waals surface area (Å²) in [5.74, 6) is -1.57. The van der Waals surface area contributed by atoms with E-state index in [2.05, 4.69) is 16.5 Å². The highest BCUT2D eigenvalue weighted by Gasteiger charge is 2.46. The van der Waals surface area contributed by atoms with Gasteiger partial charge in [-0.3, -0.25) is 19.3 Å². The van der Waals surface area contributed by atoms with Gasteiger partial charge in [0.1, 0.15) is 12.4 Å². The quantitative estimate of drug-likeness (QED) is 0.333. The smallest absolute Gasteiger partial charge is 0.296 e. The number of aliphatic hydroxyl groups is 1. The lowest BCUT2D eigenvalue weighted by molar-refractivity contribution is -0.117. The topological polar surface area (TPSA) is 110 Å². The first-order valence-electron chi connectivity index (χ1n) is 10.7. The molecule has 1 N–H and O–H groups in total. The average Bonchev–Trinajstić information content (AvgIpc) is 3.45. The molecular formula is C25H23N3O5S2. The number of carbonyl (C=O) groups excluding carboxylic acids is 3. The Balaban J connectivity index is 1.89. The van der Waals surface area contributed by atoms with Gasteiger partial charge in [0.25, 0.3) is 5.91 Å². The van der Waals surface area contributed by atoms with Crippen molar-refractivity contribution in [3.8, 4) is 5.75 Å². The largest absolute Gasteiger partial charge is 0.503 e. The standard InChI is InChI=1S/C25H23N3O5S2/c1-6-10-33-17-9-7-8-16(11-17)19-18(20(30)23-13(3)26-15(5)34-23)21(31)24(32)28(19)25-27-12(2)22(35-25)14(4)29/h6-9,11,19,31H,1,10H2,2-5H3. The molecule has 1 atom stereocenters. The zero-order chi connectivity index (χ0) is 25.4. The van der Waals surface area contributed by atoms with E-state index in [4.69, 9.17) is 4.74 Å². The summed E-state index contributed by atoms with van der Waals surface area (Å²) < 4.78 is 5.66. The molecule has 1 unspecified atom stereocenters. The lowest BCUT2D eigenvalue weighted by atomic mass is 9.95. The Morgan fingerprint density at radius 1 is 1.17 bits per heavy atom. The van der Waals surface area contributed by atoms with Crippen LogP contribution in [0.4, 0.5) is 5.13 Å². The van der Waals surface area contributed by atoms with Crippen LogP contribution in [-0.4, -0.2) is 39.2 Å². The van der Waals surface area contributed by atoms with Crippen molar-refractivity contribution >= 4 is 45.3 Å². The molecule has 1 aromatic carbocycles. The number of aliphatic hydroxyl groups excluding tert-OH is 1. The van der Waals surface area contributed by atoms with Crippen molar-refractivity contribution in [3.05, 3.63) is 80.0 Å². The number of rotatable bonds is 8. The molecule has 180 valence electrons. The Bertz CT molecular complexity index is 1400. The molecule has 0 aliphatic carbocycles. The van der Waals surface area contributed by atoms with Gasteiger partial charge in [0.05, 0.1) is 37.8 Å². The Kier molecular flexibility index (Phi) is 6.68. The van der Waals surface area contributed by atoms with Crippen LogP contribution in [-0.2, 0) is 4.79 Å². The summed E-state index contributed by atoms with van der Waals surface area (Å²) in [4.78, 5) is 49.9. The lowest BCUT2D eigenvalue weighted by Crippen LogP contribution is -2.31. The first kappa shape index (κ1) is 24.5. The summed E-state index contributed by atoms with van der Waals surface area (Å²) in [6.45, 7) is 10.5. The summed E-state index contributed by atoms with van der Waals surface area (Å²) >= 11 is 2.25. The normalized spacial score (nSPS) is 15.6. The Labute approximate surface area is 210 Å². The fourth-order valence-corrected chi connectivity index (χ4v) is 5.82. The minimum absolute atomic E-state index is 0.0696. The number of hydrogen-bond acceptors (Lipinski definition) is 9. The molecule has 2 aromatic heterocycles. The second kappa shape index (κ2) is 9.55. The van der Waals surface area contributed by atoms with E-state index in [0.717, 1.165) is 11.3 Å². The van der Waals surface area contributed by atoms with E-state index >= 15 is 0 Å². The number of aryl methyl sites for hydroxylation is 3. The fraction of sp³-hybridized carbons (Fsp3) is 0.240. The highest BCUT2D eigenvalue weighted by atomic mass is 32.1. The summed E-state index contributed by atoms with van der Waals surface area (Å²) in [5, 5.41) is 11.9. The zero-order valence-electron chi connectivity index (χ0n) is 19.6. The highest BCUT2D eigenvalue weighted by Crippen LogP contribution is 2.45. The third-order valence-corrected chi connectivity index (χ3v) is 7.74. The molecule has 1 amide bonds. The van der Waals surface area contributed by atoms with E-state index in [1.807, 2.05) is 0 Å². The van der Waals surface area contributed by atoms with E-state index in [0.29, 0.717) is 37.5 Å². The minimum atomic E-state index is -0.977. The van der Waals surface area contributed by atoms with Crippen LogP contribution >= 0.6 is 22.7 Å². The van der Waals surface area contributed by atoms with Crippen molar-refractivity contribution in [2.45, 2.75) is 33.7 Å². The number of amides is 1. The molecule has 35 heavy (non-hydrogen) atoms. The number of thiazole rings is 2. The van der Waals surface area contributed by atoms with Gasteiger partial charge in [-0.05, 0) is 38.5 Å². The van der Waals surface area contributed by atoms with Crippen molar-refractivity contribution in [1.29, 1.82) is 0 Å². The molecule has 8 nitrogen and oxygen atoms in total. The number of ether oxygens (including phenoxy) is 1. The van der Waals surface area contributed by atoms with Gasteiger partial charge in [0, 0.05) is 6.92 Å². The predicted molar refractivity (Wildman–Crippen MR) is 135 cm³/mol. The van der Waals surface area contributed by atoms with Crippen LogP contribution in [0.3, 0.4) is 0 Å². The molecule has 0 spiro atoms. The predicted octanol–water partition coefficient (Wildman–Crippen LogP) is 5.08. The third-order valence-electron chi connectivity index (χ3n) is 5.42. The molecule has 0 saturated carbocycles. The Hall–Kier alpha value is -3.63. The van der Waals surface area contributed by atoms with Crippen molar-refractivity contribution in [3.63, 3.8) is 0 Å². The van der Waals surface area contributed by atoms with Gasteiger partial charge in [-0.2, -0.15) is 0 Å². The molecule has 10 heteroatoms. The maximum Gasteiger partial charge on any atom is 0.296 e. The van der Waals surface area contributed by atoms with Gasteiger partial charge in [-0.1, -0.05) is 36.1 Å². The van der Waals surface area contributed by atoms with E-state index < -0.39 is 23.5 Å². The van der Waals surface area contributed by atoms with Crippen LogP contribution in [0.15, 0.2) is 48.3 Å². The van der Waals surface area contributed by atoms with Crippen molar-refractivity contribution < 1.29 is 24.2 Å². The number of carbonyl (C=O) groups is 3. The molecule has 1 aliphatic rings. The van der Waals surface area contributed by atoms with Crippen LogP contribution in [0.25, 0.3) is 0 Å². The summed E-state index contributed by atoms with van der Waals surface area (Å²) in [5.41, 5.74) is 1.47. The SMILES string of the molecule is C=CCOc1cccc(C2C(C(=O)c3sc(C)nc3C)=C(O)C(=O)N2c2nc(C)c(C(C)=O)s2)c1. The van der Waals surface area contributed by atoms with E-state index in [-0.39, 0.29) is 23.1 Å². The van der Waals surface area contributed by atoms with Crippen LogP contribution < -0.4 is 9.64 Å². The second-order valence-electron chi connectivity index (χ2n) is 7.96. The molecule has 3 aromatic rings. The number of aromatic nitrogens is 2. The van der Waals surface area contributed by atoms with Crippen LogP contribution in [0.2, 0.25) is 0 Å². The average molecular weight is 510 g/mol. The van der Waals surface area contributed by atoms with Gasteiger partial charge in [0.2, 0.25) is 5.78 Å². The molecular weight excluding hydrogens is 486 g/mol. The first-order chi connectivity index (χ1) is 16.6. The first-order valence-corrected chi connectivity index (χ1v) is 12.3. The fourth-order valence-electron chi connectivity index (χ4n) is 3.96. The molecule has 0 radical (unpaired) electrons. The number of hydrogen-bond donors (Lipinski definition) is 1. The Morgan fingerprint density at radius 2 is 1.89 bits per heavy atom. The summed E-state index contributed by atoms with van der Waals surface area (Å²) in [6.07, 6.45) is 1.61. The number of anilines is 1. The van der Waals surface area contributed by atoms with Gasteiger partial charge in [0.15, 0.2) is 16.7 Å². The lowest BCUT2D eigenvalue weighted by Gasteiger charge is -2.24. The van der Waals surface area contributed by atoms with Gasteiger partial charge in [-0.25, -0.2) is 9.97 Å². The Morgan fingerprint density at radius 3 is 2.49 bits per heavy atom. The highest BCUT2D eigenvalue weighted by molar-refractivity contribution is 7.17. The number of ketones is 2. The molecule has 4 rings (SSSR count). The van der Waals surface area contributed by atoms with Gasteiger partial charge >= 0.3 is 0 Å². The molecule has 0 fully saturated rings. The molecule has 0 saturated heterocycles. The van der Waals surface area contributed by atoms with Gasteiger partial charge in [-0.15, -0.1) is 11.3 Å². The zero-order valence-corrected chi connectivity index (χ0v) is 21.2. The molecule has 0 bridgehead atoms. The minimum Gasteiger partial charge on any atom is -0.503 e. The van der Waals surface area contributed by atoms with E-state index in [1.54, 1.807) is 51.1 Å². The summed E-state index contributed by atoms with van der Waals surface area (Å²) in [7, 11) is 0. The third kappa shape index (κ3) is 4.42. The number of nitrogens with zero attached hydrogens (tertiary/aromatic N) is 3. The number of benzene rings is 1. The maximum absolute atomic E-state index is 13.7. The van der Waals surface area contributed by atoms with Crippen LogP contribution in [0.5, 0.6) is 5.75 Å². The van der Waals surface area contributed by atoms with Crippen LogP contribution in [0, 0.1) is 20.8 Å². The summed E-state index contributed by atoms with van der Waals surface area (Å²) in [6, 6.07) is 5.96. The molecule has 1 aliphatic heterocycles. The van der Waals surface area contributed by atoms with E-state index in [9.17, 15) is 19.5 Å². The monoisotopic (exact) mass is 509 g/mol. The van der Waals surface area contributed by atoms with Crippen LogP contribution in [0.1, 0.15) is 54.3 Å². The van der Waals surface area contributed by atoms with Crippen molar-refractivity contribution in [2.24, 2.45) is 0 Å². The van der Waals surface area contributed by atoms with Crippen molar-refractivity contribution in [1.82, 2.24) is 9.97 Å².